The lowest BCUT2D eigenvalue weighted by molar-refractivity contribution is -0.122. The largest absolute Gasteiger partial charge is 0.385 e. The van der Waals surface area contributed by atoms with E-state index in [1.165, 1.54) is 0 Å². The van der Waals surface area contributed by atoms with Crippen LogP contribution in [0.4, 0.5) is 5.82 Å². The zero-order chi connectivity index (χ0) is 18.5. The number of anilines is 1. The van der Waals surface area contributed by atoms with Gasteiger partial charge in [-0.25, -0.2) is 4.98 Å². The summed E-state index contributed by atoms with van der Waals surface area (Å²) < 4.78 is 0. The van der Waals surface area contributed by atoms with Gasteiger partial charge in [0, 0.05) is 43.1 Å². The molecule has 26 heavy (non-hydrogen) atoms. The van der Waals surface area contributed by atoms with Crippen molar-refractivity contribution in [2.24, 2.45) is 10.9 Å². The summed E-state index contributed by atoms with van der Waals surface area (Å²) in [5.74, 6) is 1.40. The standard InChI is InChI=1S/C20H24ClN3O2/c1-12-3-4-16(21)23-19(12)24-7-5-13(6-8-24)18-17-14(11-22-18)9-15(25)10-20(17,2)26/h3-4,13,26H,5-11H2,1-2H3. The Balaban J connectivity index is 1.51. The van der Waals surface area contributed by atoms with Crippen LogP contribution in [0.3, 0.4) is 0 Å². The number of aromatic nitrogens is 1. The fourth-order valence-electron chi connectivity index (χ4n) is 4.61. The highest BCUT2D eigenvalue weighted by Gasteiger charge is 2.43. The Morgan fingerprint density at radius 1 is 1.31 bits per heavy atom. The summed E-state index contributed by atoms with van der Waals surface area (Å²) in [6, 6.07) is 3.83. The fraction of sp³-hybridized carbons (Fsp3) is 0.550. The van der Waals surface area contributed by atoms with Gasteiger partial charge in [0.25, 0.3) is 0 Å². The van der Waals surface area contributed by atoms with Crippen LogP contribution in [-0.2, 0) is 4.79 Å². The summed E-state index contributed by atoms with van der Waals surface area (Å²) in [4.78, 5) is 23.4. The molecule has 1 N–H and O–H groups in total. The molecule has 138 valence electrons. The molecule has 1 aromatic rings. The van der Waals surface area contributed by atoms with Crippen LogP contribution in [0.2, 0.25) is 5.15 Å². The molecule has 1 atom stereocenters. The number of aliphatic imine (C=N–C) groups is 1. The molecule has 0 saturated carbocycles. The summed E-state index contributed by atoms with van der Waals surface area (Å²) in [5.41, 5.74) is 3.07. The van der Waals surface area contributed by atoms with E-state index in [4.69, 9.17) is 16.6 Å². The van der Waals surface area contributed by atoms with Gasteiger partial charge in [0.1, 0.15) is 16.8 Å². The minimum atomic E-state index is -1.07. The number of ketones is 1. The highest BCUT2D eigenvalue weighted by Crippen LogP contribution is 2.40. The first-order valence-corrected chi connectivity index (χ1v) is 9.62. The van der Waals surface area contributed by atoms with Gasteiger partial charge in [0.2, 0.25) is 0 Å². The molecule has 2 aliphatic heterocycles. The van der Waals surface area contributed by atoms with Gasteiger partial charge < -0.3 is 10.0 Å². The predicted molar refractivity (Wildman–Crippen MR) is 103 cm³/mol. The average Bonchev–Trinajstić information content (AvgIpc) is 3.01. The van der Waals surface area contributed by atoms with Crippen LogP contribution in [-0.4, -0.2) is 46.8 Å². The third-order valence-electron chi connectivity index (χ3n) is 5.76. The Bertz CT molecular complexity index is 820. The van der Waals surface area contributed by atoms with Crippen molar-refractivity contribution in [3.8, 4) is 0 Å². The van der Waals surface area contributed by atoms with Crippen LogP contribution in [0.1, 0.15) is 38.2 Å². The van der Waals surface area contributed by atoms with Crippen LogP contribution < -0.4 is 4.90 Å². The molecule has 0 spiro atoms. The molecule has 0 aromatic carbocycles. The second-order valence-corrected chi connectivity index (χ2v) is 8.27. The fourth-order valence-corrected chi connectivity index (χ4v) is 4.75. The summed E-state index contributed by atoms with van der Waals surface area (Å²) in [6.45, 7) is 6.17. The van der Waals surface area contributed by atoms with E-state index < -0.39 is 5.60 Å². The number of halogens is 1. The predicted octanol–water partition coefficient (Wildman–Crippen LogP) is 3.12. The molecule has 1 unspecified atom stereocenters. The van der Waals surface area contributed by atoms with E-state index in [1.807, 2.05) is 12.1 Å². The number of hydrogen-bond donors (Lipinski definition) is 1. The van der Waals surface area contributed by atoms with Gasteiger partial charge in [-0.2, -0.15) is 0 Å². The normalized spacial score (nSPS) is 27.0. The molecule has 1 aliphatic carbocycles. The maximum absolute atomic E-state index is 11.9. The van der Waals surface area contributed by atoms with Gasteiger partial charge >= 0.3 is 0 Å². The van der Waals surface area contributed by atoms with Crippen LogP contribution >= 0.6 is 11.6 Å². The zero-order valence-electron chi connectivity index (χ0n) is 15.3. The number of Topliss-reactive ketones (excluding diaryl/α,β-unsaturated/α-hetero) is 1. The number of nitrogens with zero attached hydrogens (tertiary/aromatic N) is 3. The topological polar surface area (TPSA) is 65.8 Å². The van der Waals surface area contributed by atoms with Gasteiger partial charge in [-0.05, 0) is 43.9 Å². The minimum absolute atomic E-state index is 0.113. The Morgan fingerprint density at radius 3 is 2.77 bits per heavy atom. The zero-order valence-corrected chi connectivity index (χ0v) is 16.0. The van der Waals surface area contributed by atoms with Crippen molar-refractivity contribution < 1.29 is 9.90 Å². The number of aryl methyl sites for hydroxylation is 1. The van der Waals surface area contributed by atoms with Gasteiger partial charge in [-0.15, -0.1) is 0 Å². The molecular weight excluding hydrogens is 350 g/mol. The number of aliphatic hydroxyl groups is 1. The summed E-state index contributed by atoms with van der Waals surface area (Å²) in [5, 5.41) is 11.3. The number of carbonyl (C=O) groups excluding carboxylic acids is 1. The van der Waals surface area contributed by atoms with Crippen LogP contribution in [0.5, 0.6) is 0 Å². The molecule has 1 saturated heterocycles. The second-order valence-electron chi connectivity index (χ2n) is 7.88. The van der Waals surface area contributed by atoms with Crippen molar-refractivity contribution in [3.05, 3.63) is 34.0 Å². The van der Waals surface area contributed by atoms with Crippen LogP contribution in [0, 0.1) is 12.8 Å². The van der Waals surface area contributed by atoms with Crippen molar-refractivity contribution in [2.75, 3.05) is 24.5 Å². The highest BCUT2D eigenvalue weighted by atomic mass is 35.5. The summed E-state index contributed by atoms with van der Waals surface area (Å²) in [7, 11) is 0. The van der Waals surface area contributed by atoms with Crippen LogP contribution in [0.25, 0.3) is 0 Å². The number of hydrogen-bond acceptors (Lipinski definition) is 5. The number of carbonyl (C=O) groups is 1. The van der Waals surface area contributed by atoms with Gasteiger partial charge in [-0.1, -0.05) is 17.7 Å². The smallest absolute Gasteiger partial charge is 0.140 e. The van der Waals surface area contributed by atoms with E-state index >= 15 is 0 Å². The third kappa shape index (κ3) is 3.08. The molecule has 3 aliphatic rings. The van der Waals surface area contributed by atoms with Crippen molar-refractivity contribution >= 4 is 28.9 Å². The molecule has 4 rings (SSSR count). The first-order valence-electron chi connectivity index (χ1n) is 9.24. The summed E-state index contributed by atoms with van der Waals surface area (Å²) in [6.07, 6.45) is 2.58. The monoisotopic (exact) mass is 373 g/mol. The SMILES string of the molecule is Cc1ccc(Cl)nc1N1CCC(C2=NCC3=C2C(C)(O)CC(=O)C3)CC1. The van der Waals surface area contributed by atoms with E-state index in [9.17, 15) is 9.90 Å². The first-order chi connectivity index (χ1) is 12.3. The Morgan fingerprint density at radius 2 is 2.04 bits per heavy atom. The quantitative estimate of drug-likeness (QED) is 0.809. The highest BCUT2D eigenvalue weighted by molar-refractivity contribution is 6.29. The van der Waals surface area contributed by atoms with E-state index in [0.717, 1.165) is 54.2 Å². The Labute approximate surface area is 158 Å². The van der Waals surface area contributed by atoms with Crippen molar-refractivity contribution in [2.45, 2.75) is 45.1 Å². The molecule has 0 bridgehead atoms. The summed E-state index contributed by atoms with van der Waals surface area (Å²) >= 11 is 6.07. The average molecular weight is 374 g/mol. The molecule has 5 nitrogen and oxygen atoms in total. The van der Waals surface area contributed by atoms with Crippen LogP contribution in [0.15, 0.2) is 28.3 Å². The van der Waals surface area contributed by atoms with E-state index in [2.05, 4.69) is 16.8 Å². The lowest BCUT2D eigenvalue weighted by Gasteiger charge is -2.37. The van der Waals surface area contributed by atoms with Crippen molar-refractivity contribution in [1.82, 2.24) is 4.98 Å². The molecule has 0 amide bonds. The Hall–Kier alpha value is -1.72. The number of piperidine rings is 1. The molecule has 6 heteroatoms. The second kappa shape index (κ2) is 6.46. The minimum Gasteiger partial charge on any atom is -0.385 e. The Kier molecular flexibility index (Phi) is 4.40. The lowest BCUT2D eigenvalue weighted by atomic mass is 9.74. The molecule has 1 aromatic heterocycles. The maximum Gasteiger partial charge on any atom is 0.140 e. The van der Waals surface area contributed by atoms with Gasteiger partial charge in [-0.3, -0.25) is 9.79 Å². The number of rotatable bonds is 2. The maximum atomic E-state index is 11.9. The van der Waals surface area contributed by atoms with Crippen molar-refractivity contribution in [1.29, 1.82) is 0 Å². The molecular formula is C20H24ClN3O2. The lowest BCUT2D eigenvalue weighted by Crippen LogP contribution is -2.42. The molecule has 1 fully saturated rings. The van der Waals surface area contributed by atoms with E-state index in [1.54, 1.807) is 6.92 Å². The molecule has 0 radical (unpaired) electrons. The van der Waals surface area contributed by atoms with Crippen molar-refractivity contribution in [3.63, 3.8) is 0 Å². The number of pyridine rings is 1. The van der Waals surface area contributed by atoms with Gasteiger partial charge in [0.15, 0.2) is 0 Å². The first kappa shape index (κ1) is 17.7. The van der Waals surface area contributed by atoms with E-state index in [-0.39, 0.29) is 12.2 Å². The third-order valence-corrected chi connectivity index (χ3v) is 5.97. The molecule has 3 heterocycles. The van der Waals surface area contributed by atoms with E-state index in [0.29, 0.717) is 24.0 Å². The van der Waals surface area contributed by atoms with Gasteiger partial charge in [0.05, 0.1) is 12.1 Å².